The lowest BCUT2D eigenvalue weighted by Crippen LogP contribution is -1.96. The molecule has 0 radical (unpaired) electrons. The molecule has 0 aromatic heterocycles. The van der Waals surface area contributed by atoms with Crippen LogP contribution in [0.25, 0.3) is 0 Å². The van der Waals surface area contributed by atoms with E-state index in [1.807, 2.05) is 12.2 Å². The summed E-state index contributed by atoms with van der Waals surface area (Å²) in [6.45, 7) is 7.48. The average Bonchev–Trinajstić information content (AvgIpc) is 3.18. The molecule has 1 heterocycles. The Hall–Kier alpha value is -1.28. The van der Waals surface area contributed by atoms with Gasteiger partial charge >= 0.3 is 0 Å². The molecule has 1 aliphatic heterocycles. The number of allylic oxidation sites excluding steroid dienone is 6. The highest BCUT2D eigenvalue weighted by atomic mass is 16.6. The molecule has 2 heteroatoms. The largest absolute Gasteiger partial charge is 0.459 e. The second kappa shape index (κ2) is 7.22. The normalized spacial score (nSPS) is 24.2. The molecule has 0 aromatic carbocycles. The summed E-state index contributed by atoms with van der Waals surface area (Å²) in [6, 6.07) is 0. The van der Waals surface area contributed by atoms with Gasteiger partial charge in [0, 0.05) is 12.8 Å². The molecular formula is C16H24O2. The summed E-state index contributed by atoms with van der Waals surface area (Å²) in [5, 5.41) is 0. The van der Waals surface area contributed by atoms with Crippen molar-refractivity contribution in [3.63, 3.8) is 0 Å². The monoisotopic (exact) mass is 248 g/mol. The van der Waals surface area contributed by atoms with E-state index in [1.165, 1.54) is 49.2 Å². The van der Waals surface area contributed by atoms with Crippen LogP contribution in [0, 0.1) is 5.92 Å². The zero-order chi connectivity index (χ0) is 12.1. The fourth-order valence-corrected chi connectivity index (χ4v) is 2.38. The molecule has 2 N–H and O–H groups in total. The van der Waals surface area contributed by atoms with Crippen molar-refractivity contribution in [2.75, 3.05) is 0 Å². The highest BCUT2D eigenvalue weighted by Gasteiger charge is 2.31. The Morgan fingerprint density at radius 2 is 2.00 bits per heavy atom. The Bertz CT molecular complexity index is 363. The lowest BCUT2D eigenvalue weighted by atomic mass is 9.95. The number of hydrogen-bond donors (Lipinski definition) is 0. The molecule has 0 saturated heterocycles. The van der Waals surface area contributed by atoms with Gasteiger partial charge in [0.1, 0.15) is 11.5 Å². The van der Waals surface area contributed by atoms with Gasteiger partial charge in [-0.15, -0.1) is 6.58 Å². The molecule has 100 valence electrons. The second-order valence-corrected chi connectivity index (χ2v) is 4.92. The third kappa shape index (κ3) is 4.19. The van der Waals surface area contributed by atoms with E-state index in [1.54, 1.807) is 0 Å². The summed E-state index contributed by atoms with van der Waals surface area (Å²) in [6.07, 6.45) is 15.0. The van der Waals surface area contributed by atoms with E-state index in [2.05, 4.69) is 19.2 Å². The summed E-state index contributed by atoms with van der Waals surface area (Å²) in [7, 11) is 0. The highest BCUT2D eigenvalue weighted by molar-refractivity contribution is 5.22. The van der Waals surface area contributed by atoms with Gasteiger partial charge in [-0.2, -0.15) is 0 Å². The first-order valence-corrected chi connectivity index (χ1v) is 6.67. The molecule has 0 spiro atoms. The van der Waals surface area contributed by atoms with E-state index in [0.29, 0.717) is 5.92 Å². The summed E-state index contributed by atoms with van der Waals surface area (Å²) < 4.78 is 5.20. The Morgan fingerprint density at radius 1 is 1.17 bits per heavy atom. The van der Waals surface area contributed by atoms with Gasteiger partial charge in [-0.3, -0.25) is 0 Å². The standard InChI is InChI=1S/C8H10O.C8H12.H2O/c1-2-6-3-4-7-8(5-6)9-7;1-2-8-6-4-3-5-7-8;/h2,6H,1,3-5H2;2,6H,1,3-5,7H2;1H2. The molecule has 0 amide bonds. The van der Waals surface area contributed by atoms with Gasteiger partial charge in [0.25, 0.3) is 0 Å². The predicted octanol–water partition coefficient (Wildman–Crippen LogP) is 4.06. The van der Waals surface area contributed by atoms with Gasteiger partial charge in [-0.1, -0.05) is 30.4 Å². The first-order valence-electron chi connectivity index (χ1n) is 6.67. The maximum Gasteiger partial charge on any atom is 0.142 e. The van der Waals surface area contributed by atoms with Crippen LogP contribution in [-0.2, 0) is 4.74 Å². The third-order valence-corrected chi connectivity index (χ3v) is 3.63. The van der Waals surface area contributed by atoms with Crippen molar-refractivity contribution in [2.45, 2.75) is 44.9 Å². The average molecular weight is 248 g/mol. The lowest BCUT2D eigenvalue weighted by molar-refractivity contribution is 0.454. The Labute approximate surface area is 110 Å². The molecule has 0 fully saturated rings. The van der Waals surface area contributed by atoms with Crippen LogP contribution in [0.4, 0.5) is 0 Å². The summed E-state index contributed by atoms with van der Waals surface area (Å²) in [5.41, 5.74) is 1.44. The van der Waals surface area contributed by atoms with Gasteiger partial charge in [-0.05, 0) is 38.0 Å². The molecule has 0 aromatic rings. The minimum atomic E-state index is 0. The maximum atomic E-state index is 5.20. The van der Waals surface area contributed by atoms with Gasteiger partial charge in [0.15, 0.2) is 0 Å². The van der Waals surface area contributed by atoms with E-state index in [0.717, 1.165) is 12.8 Å². The molecule has 3 rings (SSSR count). The first-order chi connectivity index (χ1) is 8.33. The molecular weight excluding hydrogens is 224 g/mol. The van der Waals surface area contributed by atoms with Crippen molar-refractivity contribution < 1.29 is 10.2 Å². The molecule has 1 atom stereocenters. The van der Waals surface area contributed by atoms with Crippen molar-refractivity contribution in [3.05, 3.63) is 48.5 Å². The Balaban J connectivity index is 0.000000172. The maximum absolute atomic E-state index is 5.20. The van der Waals surface area contributed by atoms with Crippen LogP contribution >= 0.6 is 0 Å². The van der Waals surface area contributed by atoms with Crippen LogP contribution in [0.1, 0.15) is 44.9 Å². The molecule has 2 nitrogen and oxygen atoms in total. The van der Waals surface area contributed by atoms with Crippen molar-refractivity contribution >= 4 is 0 Å². The van der Waals surface area contributed by atoms with E-state index < -0.39 is 0 Å². The van der Waals surface area contributed by atoms with Crippen LogP contribution in [0.3, 0.4) is 0 Å². The predicted molar refractivity (Wildman–Crippen MR) is 76.0 cm³/mol. The van der Waals surface area contributed by atoms with Crippen LogP contribution in [0.15, 0.2) is 48.5 Å². The van der Waals surface area contributed by atoms with Crippen molar-refractivity contribution in [3.8, 4) is 0 Å². The molecule has 1 unspecified atom stereocenters. The van der Waals surface area contributed by atoms with E-state index >= 15 is 0 Å². The van der Waals surface area contributed by atoms with Crippen molar-refractivity contribution in [1.29, 1.82) is 0 Å². The Kier molecular flexibility index (Phi) is 5.93. The summed E-state index contributed by atoms with van der Waals surface area (Å²) in [4.78, 5) is 0. The molecule has 3 aliphatic rings. The van der Waals surface area contributed by atoms with Crippen LogP contribution in [0.5, 0.6) is 0 Å². The first kappa shape index (κ1) is 14.8. The highest BCUT2D eigenvalue weighted by Crippen LogP contribution is 2.42. The van der Waals surface area contributed by atoms with Gasteiger partial charge in [0.2, 0.25) is 0 Å². The van der Waals surface area contributed by atoms with E-state index in [4.69, 9.17) is 4.74 Å². The van der Waals surface area contributed by atoms with E-state index in [-0.39, 0.29) is 5.48 Å². The molecule has 18 heavy (non-hydrogen) atoms. The van der Waals surface area contributed by atoms with Crippen molar-refractivity contribution in [2.24, 2.45) is 5.92 Å². The number of hydrogen-bond acceptors (Lipinski definition) is 1. The molecule has 0 saturated carbocycles. The number of ether oxygens (including phenoxy) is 1. The summed E-state index contributed by atoms with van der Waals surface area (Å²) in [5.74, 6) is 3.19. The molecule has 0 bridgehead atoms. The van der Waals surface area contributed by atoms with Gasteiger partial charge in [-0.25, -0.2) is 0 Å². The van der Waals surface area contributed by atoms with Crippen molar-refractivity contribution in [1.82, 2.24) is 0 Å². The second-order valence-electron chi connectivity index (χ2n) is 4.92. The van der Waals surface area contributed by atoms with Gasteiger partial charge in [0.05, 0.1) is 0 Å². The summed E-state index contributed by atoms with van der Waals surface area (Å²) >= 11 is 0. The lowest BCUT2D eigenvalue weighted by Gasteiger charge is -2.06. The zero-order valence-electron chi connectivity index (χ0n) is 11.1. The fourth-order valence-electron chi connectivity index (χ4n) is 2.38. The zero-order valence-corrected chi connectivity index (χ0v) is 11.1. The topological polar surface area (TPSA) is 44.0 Å². The van der Waals surface area contributed by atoms with E-state index in [9.17, 15) is 0 Å². The SMILES string of the molecule is C=CC1=CCCCC1.C=CC1CCC2=C(C1)O2.O. The Morgan fingerprint density at radius 3 is 2.50 bits per heavy atom. The van der Waals surface area contributed by atoms with Crippen LogP contribution in [0.2, 0.25) is 0 Å². The third-order valence-electron chi connectivity index (χ3n) is 3.63. The smallest absolute Gasteiger partial charge is 0.142 e. The molecule has 2 aliphatic carbocycles. The number of rotatable bonds is 2. The minimum absolute atomic E-state index is 0. The fraction of sp³-hybridized carbons (Fsp3) is 0.500. The van der Waals surface area contributed by atoms with Crippen LogP contribution in [-0.4, -0.2) is 5.48 Å². The van der Waals surface area contributed by atoms with Gasteiger partial charge < -0.3 is 10.2 Å². The van der Waals surface area contributed by atoms with Crippen LogP contribution < -0.4 is 0 Å². The minimum Gasteiger partial charge on any atom is -0.459 e. The quantitative estimate of drug-likeness (QED) is 0.679.